The molecule has 1 aromatic heterocycles. The van der Waals surface area contributed by atoms with E-state index >= 15 is 0 Å². The predicted molar refractivity (Wildman–Crippen MR) is 78.5 cm³/mol. The molecule has 0 aliphatic heterocycles. The lowest BCUT2D eigenvalue weighted by molar-refractivity contribution is 0.0951. The third-order valence-electron chi connectivity index (χ3n) is 3.19. The number of amides is 1. The van der Waals surface area contributed by atoms with E-state index in [-0.39, 0.29) is 11.5 Å². The number of rotatable bonds is 7. The minimum atomic E-state index is -0.520. The second kappa shape index (κ2) is 7.79. The van der Waals surface area contributed by atoms with Crippen molar-refractivity contribution in [3.63, 3.8) is 0 Å². The molecule has 0 aliphatic rings. The number of halogens is 1. The summed E-state index contributed by atoms with van der Waals surface area (Å²) < 4.78 is 13.1. The maximum absolute atomic E-state index is 13.1. The van der Waals surface area contributed by atoms with Crippen LogP contribution in [0.3, 0.4) is 0 Å². The Morgan fingerprint density at radius 2 is 2.20 bits per heavy atom. The standard InChI is InChI=1S/C14H23FN4O/c1-10(2)19(4)7-5-6-17-14(20)12-8-11(15)9-18-13(12)16-3/h8-10H,5-7H2,1-4H3,(H,16,18)(H,17,20). The summed E-state index contributed by atoms with van der Waals surface area (Å²) in [6, 6.07) is 1.67. The van der Waals surface area contributed by atoms with Gasteiger partial charge in [0.2, 0.25) is 0 Å². The normalized spacial score (nSPS) is 10.9. The third-order valence-corrected chi connectivity index (χ3v) is 3.19. The molecule has 0 aromatic carbocycles. The van der Waals surface area contributed by atoms with Gasteiger partial charge in [0.15, 0.2) is 0 Å². The van der Waals surface area contributed by atoms with Gasteiger partial charge in [-0.25, -0.2) is 9.37 Å². The highest BCUT2D eigenvalue weighted by atomic mass is 19.1. The molecular formula is C14H23FN4O. The first-order valence-corrected chi connectivity index (χ1v) is 6.77. The zero-order valence-electron chi connectivity index (χ0n) is 12.5. The molecule has 0 radical (unpaired) electrons. The number of hydrogen-bond donors (Lipinski definition) is 2. The lowest BCUT2D eigenvalue weighted by Gasteiger charge is -2.20. The zero-order chi connectivity index (χ0) is 15.1. The van der Waals surface area contributed by atoms with E-state index in [1.54, 1.807) is 7.05 Å². The molecule has 0 atom stereocenters. The molecule has 0 fully saturated rings. The van der Waals surface area contributed by atoms with Crippen molar-refractivity contribution in [2.24, 2.45) is 0 Å². The summed E-state index contributed by atoms with van der Waals surface area (Å²) >= 11 is 0. The van der Waals surface area contributed by atoms with Crippen molar-refractivity contribution >= 4 is 11.7 Å². The molecule has 0 unspecified atom stereocenters. The lowest BCUT2D eigenvalue weighted by atomic mass is 10.2. The van der Waals surface area contributed by atoms with Crippen LogP contribution in [0.1, 0.15) is 30.6 Å². The molecule has 0 spiro atoms. The van der Waals surface area contributed by atoms with E-state index in [2.05, 4.69) is 34.4 Å². The van der Waals surface area contributed by atoms with Gasteiger partial charge in [0, 0.05) is 19.6 Å². The van der Waals surface area contributed by atoms with Gasteiger partial charge in [-0.3, -0.25) is 4.79 Å². The molecule has 0 aliphatic carbocycles. The monoisotopic (exact) mass is 282 g/mol. The minimum absolute atomic E-state index is 0.227. The van der Waals surface area contributed by atoms with Gasteiger partial charge in [0.05, 0.1) is 11.8 Å². The van der Waals surface area contributed by atoms with Crippen molar-refractivity contribution in [2.45, 2.75) is 26.3 Å². The van der Waals surface area contributed by atoms with Crippen LogP contribution in [0.2, 0.25) is 0 Å². The smallest absolute Gasteiger partial charge is 0.255 e. The molecule has 1 heterocycles. The van der Waals surface area contributed by atoms with Gasteiger partial charge >= 0.3 is 0 Å². The molecule has 112 valence electrons. The zero-order valence-corrected chi connectivity index (χ0v) is 12.5. The van der Waals surface area contributed by atoms with Gasteiger partial charge in [-0.2, -0.15) is 0 Å². The van der Waals surface area contributed by atoms with E-state index in [4.69, 9.17) is 0 Å². The average molecular weight is 282 g/mol. The maximum atomic E-state index is 13.1. The number of pyridine rings is 1. The number of hydrogen-bond acceptors (Lipinski definition) is 4. The highest BCUT2D eigenvalue weighted by molar-refractivity contribution is 5.98. The molecule has 6 heteroatoms. The van der Waals surface area contributed by atoms with E-state index in [0.717, 1.165) is 19.2 Å². The van der Waals surface area contributed by atoms with Crippen molar-refractivity contribution in [1.82, 2.24) is 15.2 Å². The molecule has 0 bridgehead atoms. The Bertz CT molecular complexity index is 451. The Kier molecular flexibility index (Phi) is 6.38. The van der Waals surface area contributed by atoms with Crippen LogP contribution in [0, 0.1) is 5.82 Å². The summed E-state index contributed by atoms with van der Waals surface area (Å²) in [5.74, 6) is -0.453. The number of aromatic nitrogens is 1. The van der Waals surface area contributed by atoms with Crippen molar-refractivity contribution in [2.75, 3.05) is 32.5 Å². The minimum Gasteiger partial charge on any atom is -0.372 e. The van der Waals surface area contributed by atoms with Crippen molar-refractivity contribution in [3.8, 4) is 0 Å². The van der Waals surface area contributed by atoms with Crippen LogP contribution in [-0.2, 0) is 0 Å². The lowest BCUT2D eigenvalue weighted by Crippen LogP contribution is -2.31. The fraction of sp³-hybridized carbons (Fsp3) is 0.571. The fourth-order valence-corrected chi connectivity index (χ4v) is 1.70. The van der Waals surface area contributed by atoms with Gasteiger partial charge in [-0.05, 0) is 39.9 Å². The first-order chi connectivity index (χ1) is 9.45. The Labute approximate surface area is 119 Å². The number of nitrogens with one attached hydrogen (secondary N) is 2. The SMILES string of the molecule is CNc1ncc(F)cc1C(=O)NCCCN(C)C(C)C. The highest BCUT2D eigenvalue weighted by Crippen LogP contribution is 2.12. The van der Waals surface area contributed by atoms with E-state index in [0.29, 0.717) is 18.4 Å². The Morgan fingerprint density at radius 1 is 1.50 bits per heavy atom. The van der Waals surface area contributed by atoms with Gasteiger partial charge in [0.25, 0.3) is 5.91 Å². The molecule has 0 saturated carbocycles. The van der Waals surface area contributed by atoms with Gasteiger partial charge in [-0.1, -0.05) is 0 Å². The van der Waals surface area contributed by atoms with E-state index < -0.39 is 5.82 Å². The predicted octanol–water partition coefficient (Wildman–Crippen LogP) is 1.72. The van der Waals surface area contributed by atoms with Crippen molar-refractivity contribution < 1.29 is 9.18 Å². The van der Waals surface area contributed by atoms with Crippen LogP contribution in [-0.4, -0.2) is 49.0 Å². The summed E-state index contributed by atoms with van der Waals surface area (Å²) in [5, 5.41) is 5.56. The number of nitrogens with zero attached hydrogens (tertiary/aromatic N) is 2. The van der Waals surface area contributed by atoms with Gasteiger partial charge < -0.3 is 15.5 Å². The van der Waals surface area contributed by atoms with Crippen LogP contribution >= 0.6 is 0 Å². The van der Waals surface area contributed by atoms with E-state index in [9.17, 15) is 9.18 Å². The summed E-state index contributed by atoms with van der Waals surface area (Å²) in [6.07, 6.45) is 1.93. The maximum Gasteiger partial charge on any atom is 0.255 e. The Morgan fingerprint density at radius 3 is 2.80 bits per heavy atom. The highest BCUT2D eigenvalue weighted by Gasteiger charge is 2.13. The first kappa shape index (κ1) is 16.4. The Balaban J connectivity index is 2.49. The quantitative estimate of drug-likeness (QED) is 0.748. The molecule has 5 nitrogen and oxygen atoms in total. The van der Waals surface area contributed by atoms with Crippen LogP contribution < -0.4 is 10.6 Å². The molecular weight excluding hydrogens is 259 g/mol. The van der Waals surface area contributed by atoms with Gasteiger partial charge in [-0.15, -0.1) is 0 Å². The fourth-order valence-electron chi connectivity index (χ4n) is 1.70. The van der Waals surface area contributed by atoms with Crippen molar-refractivity contribution in [3.05, 3.63) is 23.6 Å². The van der Waals surface area contributed by atoms with Gasteiger partial charge in [0.1, 0.15) is 11.6 Å². The van der Waals surface area contributed by atoms with Crippen LogP contribution in [0.5, 0.6) is 0 Å². The molecule has 0 saturated heterocycles. The second-order valence-corrected chi connectivity index (χ2v) is 4.98. The third kappa shape index (κ3) is 4.77. The summed E-state index contributed by atoms with van der Waals surface area (Å²) in [6.45, 7) is 5.69. The van der Waals surface area contributed by atoms with Crippen molar-refractivity contribution in [1.29, 1.82) is 0 Å². The number of carbonyl (C=O) groups is 1. The first-order valence-electron chi connectivity index (χ1n) is 6.77. The molecule has 20 heavy (non-hydrogen) atoms. The summed E-state index contributed by atoms with van der Waals surface area (Å²) in [5.41, 5.74) is 0.227. The topological polar surface area (TPSA) is 57.3 Å². The number of anilines is 1. The van der Waals surface area contributed by atoms with E-state index in [1.165, 1.54) is 6.07 Å². The molecule has 1 aromatic rings. The summed E-state index contributed by atoms with van der Waals surface area (Å²) in [4.78, 5) is 18.0. The molecule has 1 amide bonds. The van der Waals surface area contributed by atoms with E-state index in [1.807, 2.05) is 7.05 Å². The van der Waals surface area contributed by atoms with Crippen LogP contribution in [0.4, 0.5) is 10.2 Å². The Hall–Kier alpha value is -1.69. The summed E-state index contributed by atoms with van der Waals surface area (Å²) in [7, 11) is 3.69. The molecule has 2 N–H and O–H groups in total. The largest absolute Gasteiger partial charge is 0.372 e. The average Bonchev–Trinajstić information content (AvgIpc) is 2.42. The second-order valence-electron chi connectivity index (χ2n) is 4.98. The molecule has 1 rings (SSSR count). The number of carbonyl (C=O) groups excluding carboxylic acids is 1. The van der Waals surface area contributed by atoms with Crippen LogP contribution in [0.15, 0.2) is 12.3 Å². The van der Waals surface area contributed by atoms with Crippen LogP contribution in [0.25, 0.3) is 0 Å².